The summed E-state index contributed by atoms with van der Waals surface area (Å²) in [6.07, 6.45) is 13.5. The zero-order chi connectivity index (χ0) is 19.9. The van der Waals surface area contributed by atoms with Crippen molar-refractivity contribution in [3.05, 3.63) is 0 Å². The molecule has 0 aromatic heterocycles. The summed E-state index contributed by atoms with van der Waals surface area (Å²) in [6, 6.07) is 0. The molecule has 5 nitrogen and oxygen atoms in total. The van der Waals surface area contributed by atoms with Crippen molar-refractivity contribution in [2.45, 2.75) is 134 Å². The van der Waals surface area contributed by atoms with Gasteiger partial charge in [-0.25, -0.2) is 0 Å². The molecule has 3 N–H and O–H groups in total. The first-order valence-corrected chi connectivity index (χ1v) is 11.4. The molecule has 0 aromatic rings. The topological polar surface area (TPSA) is 79.2 Å². The molecule has 0 saturated carbocycles. The SMILES string of the molecule is CCCCCCCCCCCCCCCCOC1O[C@@H](C)[C@@H](O)[C@@H](O)[C@@H]1O. The summed E-state index contributed by atoms with van der Waals surface area (Å²) >= 11 is 0. The molecule has 0 aromatic carbocycles. The van der Waals surface area contributed by atoms with E-state index >= 15 is 0 Å². The van der Waals surface area contributed by atoms with E-state index in [2.05, 4.69) is 6.92 Å². The van der Waals surface area contributed by atoms with Crippen molar-refractivity contribution in [1.29, 1.82) is 0 Å². The maximum atomic E-state index is 9.88. The molecular weight excluding hydrogens is 344 g/mol. The third kappa shape index (κ3) is 10.8. The van der Waals surface area contributed by atoms with Crippen molar-refractivity contribution in [3.8, 4) is 0 Å². The molecule has 1 saturated heterocycles. The molecule has 162 valence electrons. The maximum Gasteiger partial charge on any atom is 0.186 e. The Morgan fingerprint density at radius 1 is 0.630 bits per heavy atom. The van der Waals surface area contributed by atoms with Gasteiger partial charge in [0.1, 0.15) is 18.3 Å². The predicted molar refractivity (Wildman–Crippen MR) is 109 cm³/mol. The normalized spacial score (nSPS) is 28.6. The van der Waals surface area contributed by atoms with Crippen molar-refractivity contribution in [2.24, 2.45) is 0 Å². The van der Waals surface area contributed by atoms with Crippen LogP contribution in [-0.2, 0) is 9.47 Å². The summed E-state index contributed by atoms with van der Waals surface area (Å²) in [5.41, 5.74) is 0. The van der Waals surface area contributed by atoms with Crippen molar-refractivity contribution in [2.75, 3.05) is 6.61 Å². The van der Waals surface area contributed by atoms with Gasteiger partial charge in [0, 0.05) is 6.61 Å². The van der Waals surface area contributed by atoms with E-state index in [1.807, 2.05) is 0 Å². The fourth-order valence-corrected chi connectivity index (χ4v) is 3.65. The summed E-state index contributed by atoms with van der Waals surface area (Å²) in [5.74, 6) is 0. The molecule has 5 atom stereocenters. The van der Waals surface area contributed by atoms with Gasteiger partial charge in [-0.15, -0.1) is 0 Å². The fourth-order valence-electron chi connectivity index (χ4n) is 3.65. The minimum atomic E-state index is -1.21. The summed E-state index contributed by atoms with van der Waals surface area (Å²) in [6.45, 7) is 4.44. The van der Waals surface area contributed by atoms with Crippen LogP contribution < -0.4 is 0 Å². The van der Waals surface area contributed by atoms with Gasteiger partial charge in [-0.1, -0.05) is 90.4 Å². The van der Waals surface area contributed by atoms with Crippen molar-refractivity contribution < 1.29 is 24.8 Å². The first kappa shape index (κ1) is 24.8. The molecule has 1 heterocycles. The Hall–Kier alpha value is -0.200. The van der Waals surface area contributed by atoms with Gasteiger partial charge in [0.05, 0.1) is 6.10 Å². The van der Waals surface area contributed by atoms with Crippen molar-refractivity contribution in [3.63, 3.8) is 0 Å². The van der Waals surface area contributed by atoms with Crippen LogP contribution in [0.25, 0.3) is 0 Å². The molecule has 0 amide bonds. The highest BCUT2D eigenvalue weighted by Gasteiger charge is 2.42. The lowest BCUT2D eigenvalue weighted by molar-refractivity contribution is -0.293. The summed E-state index contributed by atoms with van der Waals surface area (Å²) in [7, 11) is 0. The van der Waals surface area contributed by atoms with Gasteiger partial charge in [0.2, 0.25) is 0 Å². The Morgan fingerprint density at radius 2 is 1.07 bits per heavy atom. The highest BCUT2D eigenvalue weighted by atomic mass is 16.7. The van der Waals surface area contributed by atoms with Crippen LogP contribution in [-0.4, -0.2) is 52.6 Å². The van der Waals surface area contributed by atoms with Gasteiger partial charge >= 0.3 is 0 Å². The van der Waals surface area contributed by atoms with Crippen LogP contribution >= 0.6 is 0 Å². The van der Waals surface area contributed by atoms with Crippen LogP contribution in [0.5, 0.6) is 0 Å². The number of aliphatic hydroxyl groups is 3. The maximum absolute atomic E-state index is 9.88. The van der Waals surface area contributed by atoms with E-state index in [1.165, 1.54) is 77.0 Å². The van der Waals surface area contributed by atoms with E-state index in [0.717, 1.165) is 12.8 Å². The second-order valence-electron chi connectivity index (χ2n) is 8.15. The van der Waals surface area contributed by atoms with Gasteiger partial charge in [-0.3, -0.25) is 0 Å². The van der Waals surface area contributed by atoms with Gasteiger partial charge in [0.15, 0.2) is 6.29 Å². The van der Waals surface area contributed by atoms with Crippen LogP contribution in [0.15, 0.2) is 0 Å². The summed E-state index contributed by atoms with van der Waals surface area (Å²) in [4.78, 5) is 0. The number of hydrogen-bond acceptors (Lipinski definition) is 5. The first-order valence-electron chi connectivity index (χ1n) is 11.4. The van der Waals surface area contributed by atoms with E-state index < -0.39 is 30.7 Å². The molecular formula is C22H44O5. The molecule has 0 radical (unpaired) electrons. The standard InChI is InChI=1S/C22H44O5/c1-3-4-5-6-7-8-9-10-11-12-13-14-15-16-17-26-22-21(25)20(24)19(23)18(2)27-22/h18-25H,3-17H2,1-2H3/t18-,19+,20+,21-,22?/m0/s1. The highest BCUT2D eigenvalue weighted by Crippen LogP contribution is 2.22. The van der Waals surface area contributed by atoms with Crippen molar-refractivity contribution in [1.82, 2.24) is 0 Å². The highest BCUT2D eigenvalue weighted by molar-refractivity contribution is 4.87. The minimum absolute atomic E-state index is 0.509. The summed E-state index contributed by atoms with van der Waals surface area (Å²) < 4.78 is 11.0. The van der Waals surface area contributed by atoms with Crippen LogP contribution in [0.3, 0.4) is 0 Å². The molecule has 1 aliphatic rings. The lowest BCUT2D eigenvalue weighted by Gasteiger charge is -2.38. The van der Waals surface area contributed by atoms with Crippen LogP contribution in [0.4, 0.5) is 0 Å². The third-order valence-corrected chi connectivity index (χ3v) is 5.59. The zero-order valence-electron chi connectivity index (χ0n) is 17.7. The van der Waals surface area contributed by atoms with E-state index in [4.69, 9.17) is 9.47 Å². The molecule has 0 aliphatic carbocycles. The Kier molecular flexibility index (Phi) is 14.4. The average Bonchev–Trinajstić information content (AvgIpc) is 2.67. The predicted octanol–water partition coefficient (Wildman–Crippen LogP) is 4.31. The van der Waals surface area contributed by atoms with Gasteiger partial charge in [0.25, 0.3) is 0 Å². The smallest absolute Gasteiger partial charge is 0.186 e. The Labute approximate surface area is 166 Å². The first-order chi connectivity index (χ1) is 13.1. The minimum Gasteiger partial charge on any atom is -0.388 e. The zero-order valence-corrected chi connectivity index (χ0v) is 17.7. The second-order valence-corrected chi connectivity index (χ2v) is 8.15. The van der Waals surface area contributed by atoms with Gasteiger partial charge in [-0.2, -0.15) is 0 Å². The number of unbranched alkanes of at least 4 members (excludes halogenated alkanes) is 13. The molecule has 0 spiro atoms. The summed E-state index contributed by atoms with van der Waals surface area (Å²) in [5, 5.41) is 29.3. The van der Waals surface area contributed by atoms with Crippen LogP contribution in [0.1, 0.15) is 104 Å². The molecule has 1 unspecified atom stereocenters. The molecule has 1 rings (SSSR count). The molecule has 1 aliphatic heterocycles. The second kappa shape index (κ2) is 15.7. The quantitative estimate of drug-likeness (QED) is 0.343. The number of ether oxygens (including phenoxy) is 2. The Balaban J connectivity index is 1.85. The number of hydrogen-bond donors (Lipinski definition) is 3. The fraction of sp³-hybridized carbons (Fsp3) is 1.00. The third-order valence-electron chi connectivity index (χ3n) is 5.59. The van der Waals surface area contributed by atoms with Crippen LogP contribution in [0.2, 0.25) is 0 Å². The lowest BCUT2D eigenvalue weighted by atomic mass is 10.00. The largest absolute Gasteiger partial charge is 0.388 e. The lowest BCUT2D eigenvalue weighted by Crippen LogP contribution is -2.57. The molecule has 0 bridgehead atoms. The van der Waals surface area contributed by atoms with E-state index in [0.29, 0.717) is 6.61 Å². The average molecular weight is 389 g/mol. The Bertz CT molecular complexity index is 339. The van der Waals surface area contributed by atoms with Gasteiger partial charge < -0.3 is 24.8 Å². The van der Waals surface area contributed by atoms with E-state index in [-0.39, 0.29) is 0 Å². The molecule has 1 fully saturated rings. The Morgan fingerprint density at radius 3 is 1.56 bits per heavy atom. The number of rotatable bonds is 16. The van der Waals surface area contributed by atoms with Gasteiger partial charge in [-0.05, 0) is 13.3 Å². The molecule has 5 heteroatoms. The van der Waals surface area contributed by atoms with E-state index in [9.17, 15) is 15.3 Å². The van der Waals surface area contributed by atoms with Crippen molar-refractivity contribution >= 4 is 0 Å². The van der Waals surface area contributed by atoms with Crippen LogP contribution in [0, 0.1) is 0 Å². The monoisotopic (exact) mass is 388 g/mol. The molecule has 27 heavy (non-hydrogen) atoms. The number of aliphatic hydroxyl groups excluding tert-OH is 3. The van der Waals surface area contributed by atoms with E-state index in [1.54, 1.807) is 6.92 Å².